The lowest BCUT2D eigenvalue weighted by molar-refractivity contribution is 0.356. The molecule has 0 aliphatic rings. The van der Waals surface area contributed by atoms with E-state index >= 15 is 0 Å². The van der Waals surface area contributed by atoms with E-state index in [4.69, 9.17) is 15.2 Å². The lowest BCUT2D eigenvalue weighted by Crippen LogP contribution is -2.00. The van der Waals surface area contributed by atoms with Crippen molar-refractivity contribution in [3.8, 4) is 22.6 Å². The minimum Gasteiger partial charge on any atom is -0.493 e. The first kappa shape index (κ1) is 13.4. The van der Waals surface area contributed by atoms with Crippen LogP contribution in [0.25, 0.3) is 11.1 Å². The van der Waals surface area contributed by atoms with Gasteiger partial charge in [0.15, 0.2) is 11.5 Å². The molecule has 0 fully saturated rings. The molecule has 0 saturated carbocycles. The molecule has 19 heavy (non-hydrogen) atoms. The van der Waals surface area contributed by atoms with Crippen molar-refractivity contribution >= 4 is 0 Å². The van der Waals surface area contributed by atoms with Gasteiger partial charge in [-0.1, -0.05) is 18.2 Å². The van der Waals surface area contributed by atoms with E-state index in [1.54, 1.807) is 26.4 Å². The molecule has 2 aromatic rings. The number of benzene rings is 2. The number of halogens is 1. The Morgan fingerprint density at radius 2 is 1.89 bits per heavy atom. The molecule has 0 atom stereocenters. The third-order valence-corrected chi connectivity index (χ3v) is 2.98. The minimum atomic E-state index is -0.298. The molecule has 0 unspecified atom stereocenters. The quantitative estimate of drug-likeness (QED) is 0.920. The van der Waals surface area contributed by atoms with E-state index in [9.17, 15) is 4.39 Å². The standard InChI is InChI=1S/C15H16FNO2/c1-18-14-5-3-4-12(15(14)19-2)10-6-7-13(16)11(8-10)9-17/h3-8H,9,17H2,1-2H3. The maximum Gasteiger partial charge on any atom is 0.168 e. The predicted molar refractivity (Wildman–Crippen MR) is 72.8 cm³/mol. The van der Waals surface area contributed by atoms with Crippen molar-refractivity contribution in [2.24, 2.45) is 5.73 Å². The van der Waals surface area contributed by atoms with Crippen molar-refractivity contribution in [1.82, 2.24) is 0 Å². The number of ether oxygens (including phenoxy) is 2. The van der Waals surface area contributed by atoms with E-state index in [1.165, 1.54) is 6.07 Å². The summed E-state index contributed by atoms with van der Waals surface area (Å²) in [5, 5.41) is 0. The van der Waals surface area contributed by atoms with E-state index in [2.05, 4.69) is 0 Å². The lowest BCUT2D eigenvalue weighted by Gasteiger charge is -2.13. The largest absolute Gasteiger partial charge is 0.493 e. The highest BCUT2D eigenvalue weighted by Gasteiger charge is 2.12. The molecule has 0 radical (unpaired) electrons. The smallest absolute Gasteiger partial charge is 0.168 e. The van der Waals surface area contributed by atoms with Gasteiger partial charge in [0.05, 0.1) is 14.2 Å². The summed E-state index contributed by atoms with van der Waals surface area (Å²) in [6.07, 6.45) is 0. The first-order valence-corrected chi connectivity index (χ1v) is 5.91. The number of para-hydroxylation sites is 1. The van der Waals surface area contributed by atoms with Crippen molar-refractivity contribution in [3.05, 3.63) is 47.8 Å². The molecule has 2 rings (SSSR count). The third-order valence-electron chi connectivity index (χ3n) is 2.98. The molecule has 0 heterocycles. The highest BCUT2D eigenvalue weighted by molar-refractivity contribution is 5.74. The molecule has 0 spiro atoms. The van der Waals surface area contributed by atoms with Crippen LogP contribution < -0.4 is 15.2 Å². The normalized spacial score (nSPS) is 10.3. The number of rotatable bonds is 4. The van der Waals surface area contributed by atoms with Crippen LogP contribution in [0.1, 0.15) is 5.56 Å². The van der Waals surface area contributed by atoms with Crippen molar-refractivity contribution < 1.29 is 13.9 Å². The van der Waals surface area contributed by atoms with E-state index in [1.807, 2.05) is 18.2 Å². The Morgan fingerprint density at radius 3 is 2.53 bits per heavy atom. The Bertz CT molecular complexity index is 584. The maximum atomic E-state index is 13.5. The Morgan fingerprint density at radius 1 is 1.11 bits per heavy atom. The van der Waals surface area contributed by atoms with Gasteiger partial charge < -0.3 is 15.2 Å². The van der Waals surface area contributed by atoms with Gasteiger partial charge in [0, 0.05) is 17.7 Å². The highest BCUT2D eigenvalue weighted by atomic mass is 19.1. The number of hydrogen-bond donors (Lipinski definition) is 1. The van der Waals surface area contributed by atoms with E-state index < -0.39 is 0 Å². The second kappa shape index (κ2) is 5.71. The van der Waals surface area contributed by atoms with Crippen LogP contribution in [0.3, 0.4) is 0 Å². The molecule has 4 heteroatoms. The van der Waals surface area contributed by atoms with Gasteiger partial charge in [-0.05, 0) is 23.8 Å². The molecular formula is C15H16FNO2. The molecule has 0 aliphatic heterocycles. The van der Waals surface area contributed by atoms with Gasteiger partial charge in [-0.2, -0.15) is 0 Å². The van der Waals surface area contributed by atoms with Gasteiger partial charge in [0.1, 0.15) is 5.82 Å². The SMILES string of the molecule is COc1cccc(-c2ccc(F)c(CN)c2)c1OC. The zero-order valence-corrected chi connectivity index (χ0v) is 10.9. The van der Waals surface area contributed by atoms with Crippen LogP contribution >= 0.6 is 0 Å². The fourth-order valence-electron chi connectivity index (χ4n) is 2.01. The summed E-state index contributed by atoms with van der Waals surface area (Å²) in [5.41, 5.74) is 7.69. The predicted octanol–water partition coefficient (Wildman–Crippen LogP) is 2.97. The zero-order valence-electron chi connectivity index (χ0n) is 10.9. The molecule has 0 aromatic heterocycles. The van der Waals surface area contributed by atoms with E-state index in [0.29, 0.717) is 17.1 Å². The third kappa shape index (κ3) is 2.53. The zero-order chi connectivity index (χ0) is 13.8. The monoisotopic (exact) mass is 261 g/mol. The molecule has 0 saturated heterocycles. The van der Waals surface area contributed by atoms with Crippen molar-refractivity contribution in [1.29, 1.82) is 0 Å². The molecule has 3 nitrogen and oxygen atoms in total. The van der Waals surface area contributed by atoms with Gasteiger partial charge in [0.2, 0.25) is 0 Å². The van der Waals surface area contributed by atoms with Crippen LogP contribution in [-0.4, -0.2) is 14.2 Å². The summed E-state index contributed by atoms with van der Waals surface area (Å²) in [6.45, 7) is 0.159. The molecular weight excluding hydrogens is 245 g/mol. The Labute approximate surface area is 111 Å². The van der Waals surface area contributed by atoms with Gasteiger partial charge in [-0.25, -0.2) is 4.39 Å². The average Bonchev–Trinajstić information content (AvgIpc) is 2.46. The number of hydrogen-bond acceptors (Lipinski definition) is 3. The molecule has 0 amide bonds. The summed E-state index contributed by atoms with van der Waals surface area (Å²) in [5.74, 6) is 0.964. The average molecular weight is 261 g/mol. The molecule has 100 valence electrons. The topological polar surface area (TPSA) is 44.5 Å². The summed E-state index contributed by atoms with van der Waals surface area (Å²) >= 11 is 0. The van der Waals surface area contributed by atoms with Gasteiger partial charge in [-0.15, -0.1) is 0 Å². The highest BCUT2D eigenvalue weighted by Crippen LogP contribution is 2.38. The van der Waals surface area contributed by atoms with Crippen molar-refractivity contribution in [3.63, 3.8) is 0 Å². The van der Waals surface area contributed by atoms with Gasteiger partial charge in [0.25, 0.3) is 0 Å². The summed E-state index contributed by atoms with van der Waals surface area (Å²) in [6, 6.07) is 10.4. The van der Waals surface area contributed by atoms with Crippen LogP contribution in [0.2, 0.25) is 0 Å². The molecule has 2 aromatic carbocycles. The molecule has 0 aliphatic carbocycles. The fraction of sp³-hybridized carbons (Fsp3) is 0.200. The minimum absolute atomic E-state index is 0.159. The van der Waals surface area contributed by atoms with Crippen LogP contribution in [0.4, 0.5) is 4.39 Å². The first-order chi connectivity index (χ1) is 9.21. The maximum absolute atomic E-state index is 13.5. The van der Waals surface area contributed by atoms with Crippen molar-refractivity contribution in [2.75, 3.05) is 14.2 Å². The van der Waals surface area contributed by atoms with Gasteiger partial charge in [-0.3, -0.25) is 0 Å². The Hall–Kier alpha value is -2.07. The summed E-state index contributed by atoms with van der Waals surface area (Å²) < 4.78 is 24.1. The Balaban J connectivity index is 2.58. The van der Waals surface area contributed by atoms with E-state index in [0.717, 1.165) is 11.1 Å². The lowest BCUT2D eigenvalue weighted by atomic mass is 10.0. The number of nitrogens with two attached hydrogens (primary N) is 1. The fourth-order valence-corrected chi connectivity index (χ4v) is 2.01. The van der Waals surface area contributed by atoms with Crippen LogP contribution in [0.15, 0.2) is 36.4 Å². The second-order valence-electron chi connectivity index (χ2n) is 4.05. The first-order valence-electron chi connectivity index (χ1n) is 5.91. The van der Waals surface area contributed by atoms with Crippen LogP contribution in [0.5, 0.6) is 11.5 Å². The number of methoxy groups -OCH3 is 2. The molecule has 2 N–H and O–H groups in total. The van der Waals surface area contributed by atoms with Crippen molar-refractivity contribution in [2.45, 2.75) is 6.54 Å². The summed E-state index contributed by atoms with van der Waals surface area (Å²) in [7, 11) is 3.16. The Kier molecular flexibility index (Phi) is 4.02. The van der Waals surface area contributed by atoms with Crippen LogP contribution in [0, 0.1) is 5.82 Å². The van der Waals surface area contributed by atoms with Crippen LogP contribution in [-0.2, 0) is 6.54 Å². The van der Waals surface area contributed by atoms with E-state index in [-0.39, 0.29) is 12.4 Å². The second-order valence-corrected chi connectivity index (χ2v) is 4.05. The van der Waals surface area contributed by atoms with Gasteiger partial charge >= 0.3 is 0 Å². The summed E-state index contributed by atoms with van der Waals surface area (Å²) in [4.78, 5) is 0. The molecule has 0 bridgehead atoms.